The molecule has 0 N–H and O–H groups in total. The number of aliphatic carboxylic acids is 3. The summed E-state index contributed by atoms with van der Waals surface area (Å²) in [6.45, 7) is 6.73. The van der Waals surface area contributed by atoms with E-state index >= 15 is 0 Å². The molecule has 0 aliphatic heterocycles. The predicted octanol–water partition coefficient (Wildman–Crippen LogP) is 10.3. The van der Waals surface area contributed by atoms with Crippen molar-refractivity contribution in [3.63, 3.8) is 0 Å². The first kappa shape index (κ1) is 55.5. The SMILES string of the molecule is CCCCCCCCCCCCCC(=O)[O-].CCCCCCCCCCCCCC(=O)[O-].CCCCCCCCCCCCCC(=O)[O-].[Sm+3]. The van der Waals surface area contributed by atoms with E-state index in [4.69, 9.17) is 0 Å². The Morgan fingerprint density at radius 3 is 0.510 bits per heavy atom. The number of carboxylic acids is 3. The van der Waals surface area contributed by atoms with Gasteiger partial charge in [-0.25, -0.2) is 0 Å². The zero-order valence-corrected chi connectivity index (χ0v) is 35.4. The van der Waals surface area contributed by atoms with E-state index in [1.165, 1.54) is 173 Å². The number of hydrogen-bond donors (Lipinski definition) is 0. The first-order valence-electron chi connectivity index (χ1n) is 20.9. The standard InChI is InChI=1S/3C14H28O2.Sm/c3*1-2-3-4-5-6-7-8-9-10-11-12-13-14(15)16;/h3*2-13H2,1H3,(H,15,16);/q;;;+3/p-3. The van der Waals surface area contributed by atoms with E-state index < -0.39 is 17.9 Å². The van der Waals surface area contributed by atoms with Crippen LogP contribution in [-0.2, 0) is 14.4 Å². The van der Waals surface area contributed by atoms with Crippen molar-refractivity contribution < 1.29 is 70.1 Å². The maximum atomic E-state index is 10.1. The summed E-state index contributed by atoms with van der Waals surface area (Å²) >= 11 is 0. The summed E-state index contributed by atoms with van der Waals surface area (Å²) in [5, 5.41) is 30.4. The molecule has 0 saturated carbocycles. The first-order chi connectivity index (χ1) is 23.3. The Hall–Kier alpha value is -0.252. The first-order valence-corrected chi connectivity index (χ1v) is 20.9. The summed E-state index contributed by atoms with van der Waals surface area (Å²) in [6, 6.07) is 0. The van der Waals surface area contributed by atoms with Gasteiger partial charge in [0.1, 0.15) is 0 Å². The average molecular weight is 832 g/mol. The number of unbranched alkanes of at least 4 members (excludes halogenated alkanes) is 30. The molecule has 0 atom stereocenters. The second-order valence-electron chi connectivity index (χ2n) is 14.0. The van der Waals surface area contributed by atoms with Crippen molar-refractivity contribution in [1.82, 2.24) is 0 Å². The van der Waals surface area contributed by atoms with Crippen LogP contribution in [0, 0.1) is 40.4 Å². The predicted molar refractivity (Wildman–Crippen MR) is 198 cm³/mol. The van der Waals surface area contributed by atoms with Gasteiger partial charge in [-0.15, -0.1) is 0 Å². The fourth-order valence-electron chi connectivity index (χ4n) is 5.80. The Labute approximate surface area is 337 Å². The minimum Gasteiger partial charge on any atom is -0.550 e. The molecular formula is C42H81O6Sm. The molecule has 0 aromatic carbocycles. The summed E-state index contributed by atoms with van der Waals surface area (Å²) < 4.78 is 0. The van der Waals surface area contributed by atoms with Crippen molar-refractivity contribution >= 4 is 17.9 Å². The van der Waals surface area contributed by atoms with Crippen molar-refractivity contribution in [2.24, 2.45) is 0 Å². The van der Waals surface area contributed by atoms with Crippen LogP contribution in [0.4, 0.5) is 0 Å². The topological polar surface area (TPSA) is 120 Å². The van der Waals surface area contributed by atoms with E-state index in [-0.39, 0.29) is 59.7 Å². The van der Waals surface area contributed by atoms with Gasteiger partial charge in [-0.3, -0.25) is 0 Å². The van der Waals surface area contributed by atoms with Gasteiger partial charge in [-0.05, 0) is 38.5 Å². The Bertz CT molecular complexity index is 557. The zero-order valence-electron chi connectivity index (χ0n) is 32.8. The van der Waals surface area contributed by atoms with Gasteiger partial charge in [0, 0.05) is 17.9 Å². The maximum absolute atomic E-state index is 10.1. The molecule has 0 aliphatic carbocycles. The van der Waals surface area contributed by atoms with Gasteiger partial charge >= 0.3 is 40.4 Å². The maximum Gasteiger partial charge on any atom is 3.00 e. The van der Waals surface area contributed by atoms with Crippen LogP contribution in [0.25, 0.3) is 0 Å². The van der Waals surface area contributed by atoms with E-state index in [0.717, 1.165) is 38.5 Å². The Morgan fingerprint density at radius 1 is 0.265 bits per heavy atom. The smallest absolute Gasteiger partial charge is 0.550 e. The molecule has 0 unspecified atom stereocenters. The number of hydrogen-bond acceptors (Lipinski definition) is 6. The van der Waals surface area contributed by atoms with Gasteiger partial charge in [0.25, 0.3) is 0 Å². The van der Waals surface area contributed by atoms with Crippen LogP contribution < -0.4 is 15.3 Å². The Balaban J connectivity index is -0.000000307. The monoisotopic (exact) mass is 834 g/mol. The minimum absolute atomic E-state index is 0. The molecule has 0 aliphatic rings. The van der Waals surface area contributed by atoms with Crippen molar-refractivity contribution in [3.8, 4) is 0 Å². The van der Waals surface area contributed by atoms with Crippen molar-refractivity contribution in [2.75, 3.05) is 0 Å². The van der Waals surface area contributed by atoms with Crippen LogP contribution in [-0.4, -0.2) is 17.9 Å². The number of carbonyl (C=O) groups excluding carboxylic acids is 3. The minimum atomic E-state index is -0.907. The third kappa shape index (κ3) is 66.6. The molecule has 0 rings (SSSR count). The molecule has 0 amide bonds. The summed E-state index contributed by atoms with van der Waals surface area (Å²) in [6.07, 6.45) is 42.1. The van der Waals surface area contributed by atoms with Gasteiger partial charge < -0.3 is 29.7 Å². The molecule has 0 heterocycles. The van der Waals surface area contributed by atoms with Gasteiger partial charge in [-0.2, -0.15) is 0 Å². The number of carbonyl (C=O) groups is 3. The third-order valence-electron chi connectivity index (χ3n) is 8.95. The van der Waals surface area contributed by atoms with Gasteiger partial charge in [0.15, 0.2) is 0 Å². The van der Waals surface area contributed by atoms with Crippen molar-refractivity contribution in [2.45, 2.75) is 252 Å². The largest absolute Gasteiger partial charge is 3.00 e. The molecule has 7 heteroatoms. The Kier molecular flexibility index (Phi) is 59.0. The summed E-state index contributed by atoms with van der Waals surface area (Å²) in [5.74, 6) is -2.72. The molecule has 0 spiro atoms. The second kappa shape index (κ2) is 52.1. The Morgan fingerprint density at radius 2 is 0.388 bits per heavy atom. The van der Waals surface area contributed by atoms with Crippen LogP contribution in [0.2, 0.25) is 0 Å². The molecule has 0 fully saturated rings. The molecule has 49 heavy (non-hydrogen) atoms. The molecule has 6 nitrogen and oxygen atoms in total. The molecule has 0 saturated heterocycles. The summed E-state index contributed by atoms with van der Waals surface area (Å²) in [7, 11) is 0. The fraction of sp³-hybridized carbons (Fsp3) is 0.929. The average Bonchev–Trinajstić information content (AvgIpc) is 3.05. The van der Waals surface area contributed by atoms with Crippen LogP contribution in [0.1, 0.15) is 252 Å². The van der Waals surface area contributed by atoms with Crippen molar-refractivity contribution in [1.29, 1.82) is 0 Å². The van der Waals surface area contributed by atoms with E-state index in [0.29, 0.717) is 0 Å². The van der Waals surface area contributed by atoms with Crippen LogP contribution in [0.15, 0.2) is 0 Å². The third-order valence-corrected chi connectivity index (χ3v) is 8.95. The van der Waals surface area contributed by atoms with Gasteiger partial charge in [-0.1, -0.05) is 213 Å². The van der Waals surface area contributed by atoms with E-state index in [2.05, 4.69) is 20.8 Å². The number of carboxylic acid groups (broad SMARTS) is 3. The zero-order chi connectivity index (χ0) is 36.2. The number of rotatable bonds is 36. The van der Waals surface area contributed by atoms with E-state index in [1.807, 2.05) is 0 Å². The second-order valence-corrected chi connectivity index (χ2v) is 14.0. The van der Waals surface area contributed by atoms with Crippen LogP contribution in [0.3, 0.4) is 0 Å². The molecule has 291 valence electrons. The summed E-state index contributed by atoms with van der Waals surface area (Å²) in [5.41, 5.74) is 0. The van der Waals surface area contributed by atoms with Crippen LogP contribution in [0.5, 0.6) is 0 Å². The molecular weight excluding hydrogens is 751 g/mol. The van der Waals surface area contributed by atoms with Crippen LogP contribution >= 0.6 is 0 Å². The van der Waals surface area contributed by atoms with Crippen molar-refractivity contribution in [3.05, 3.63) is 0 Å². The molecule has 0 aromatic rings. The quantitative estimate of drug-likeness (QED) is 0.0580. The molecule has 1 radical (unpaired) electrons. The fourth-order valence-corrected chi connectivity index (χ4v) is 5.80. The summed E-state index contributed by atoms with van der Waals surface area (Å²) in [4.78, 5) is 30.4. The van der Waals surface area contributed by atoms with Gasteiger partial charge in [0.2, 0.25) is 0 Å². The molecule has 0 bridgehead atoms. The molecule has 0 aromatic heterocycles. The van der Waals surface area contributed by atoms with E-state index in [9.17, 15) is 29.7 Å². The van der Waals surface area contributed by atoms with Gasteiger partial charge in [0.05, 0.1) is 0 Å². The van der Waals surface area contributed by atoms with E-state index in [1.54, 1.807) is 0 Å². The normalized spacial score (nSPS) is 10.3.